The number of carbonyl (C=O) groups excluding carboxylic acids is 1. The maximum atomic E-state index is 12.8. The van der Waals surface area contributed by atoms with E-state index in [4.69, 9.17) is 10.1 Å². The van der Waals surface area contributed by atoms with Crippen LogP contribution in [0.5, 0.6) is 0 Å². The zero-order chi connectivity index (χ0) is 19.1. The molecule has 3 heterocycles. The van der Waals surface area contributed by atoms with E-state index in [2.05, 4.69) is 35.8 Å². The summed E-state index contributed by atoms with van der Waals surface area (Å²) in [4.78, 5) is 18.7. The number of Topliss-reactive ketones (excluding diaryl/α,β-unsaturated/α-hetero) is 1. The van der Waals surface area contributed by atoms with Gasteiger partial charge in [-0.3, -0.25) is 4.79 Å². The van der Waals surface area contributed by atoms with Gasteiger partial charge in [0.2, 0.25) is 11.1 Å². The van der Waals surface area contributed by atoms with Crippen molar-refractivity contribution < 1.29 is 4.79 Å². The number of thioether (sulfide) groups is 1. The van der Waals surface area contributed by atoms with Gasteiger partial charge in [-0.1, -0.05) is 42.1 Å². The maximum Gasteiger partial charge on any atom is 0.227 e. The van der Waals surface area contributed by atoms with Gasteiger partial charge >= 0.3 is 0 Å². The van der Waals surface area contributed by atoms with Gasteiger partial charge in [0.25, 0.3) is 0 Å². The average Bonchev–Trinajstić information content (AvgIpc) is 3.31. The van der Waals surface area contributed by atoms with Gasteiger partial charge in [0, 0.05) is 28.3 Å². The first-order valence-electron chi connectivity index (χ1n) is 9.41. The average molecular weight is 409 g/mol. The number of allylic oxidation sites excluding steroid dienone is 2. The molecule has 0 radical (unpaired) electrons. The van der Waals surface area contributed by atoms with Crippen LogP contribution >= 0.6 is 23.1 Å². The molecule has 1 aromatic carbocycles. The van der Waals surface area contributed by atoms with E-state index in [1.54, 1.807) is 23.1 Å². The number of ketones is 1. The lowest BCUT2D eigenvalue weighted by molar-refractivity contribution is -0.116. The molecule has 1 N–H and O–H groups in total. The smallest absolute Gasteiger partial charge is 0.227 e. The maximum absolute atomic E-state index is 12.8. The molecule has 7 heteroatoms. The minimum absolute atomic E-state index is 0.169. The van der Waals surface area contributed by atoms with Crippen LogP contribution in [0.3, 0.4) is 0 Å². The molecule has 5 nitrogen and oxygen atoms in total. The highest BCUT2D eigenvalue weighted by Crippen LogP contribution is 2.43. The number of hydrogen-bond donors (Lipinski definition) is 1. The lowest BCUT2D eigenvalue weighted by atomic mass is 9.87. The Hall–Kier alpha value is -2.38. The number of rotatable bonds is 4. The number of nitrogens with one attached hydrogen (secondary N) is 1. The molecule has 0 amide bonds. The lowest BCUT2D eigenvalue weighted by Crippen LogP contribution is -2.31. The fourth-order valence-corrected chi connectivity index (χ4v) is 5.63. The molecule has 2 aromatic heterocycles. The van der Waals surface area contributed by atoms with Gasteiger partial charge in [0.1, 0.15) is 6.04 Å². The molecule has 0 saturated carbocycles. The third kappa shape index (κ3) is 3.08. The summed E-state index contributed by atoms with van der Waals surface area (Å²) in [6, 6.07) is 12.3. The molecule has 0 unspecified atom stereocenters. The van der Waals surface area contributed by atoms with Crippen molar-refractivity contribution in [3.63, 3.8) is 0 Å². The van der Waals surface area contributed by atoms with Gasteiger partial charge in [0.05, 0.1) is 0 Å². The fraction of sp³-hybridized carbons (Fsp3) is 0.286. The molecule has 28 heavy (non-hydrogen) atoms. The van der Waals surface area contributed by atoms with E-state index in [9.17, 15) is 4.79 Å². The van der Waals surface area contributed by atoms with E-state index in [1.807, 2.05) is 22.9 Å². The highest BCUT2D eigenvalue weighted by atomic mass is 32.2. The molecule has 142 valence electrons. The predicted molar refractivity (Wildman–Crippen MR) is 113 cm³/mol. The van der Waals surface area contributed by atoms with Crippen molar-refractivity contribution in [3.8, 4) is 0 Å². The second-order valence-electron chi connectivity index (χ2n) is 7.10. The Morgan fingerprint density at radius 1 is 1.25 bits per heavy atom. The number of carbonyl (C=O) groups is 1. The van der Waals surface area contributed by atoms with E-state index >= 15 is 0 Å². The normalized spacial score (nSPS) is 18.6. The third-order valence-electron chi connectivity index (χ3n) is 5.21. The molecule has 0 saturated heterocycles. The monoisotopic (exact) mass is 408 g/mol. The minimum Gasteiger partial charge on any atom is -0.328 e. The fourth-order valence-electron chi connectivity index (χ4n) is 3.83. The van der Waals surface area contributed by atoms with E-state index < -0.39 is 0 Å². The quantitative estimate of drug-likeness (QED) is 0.618. The number of aryl methyl sites for hydroxylation is 1. The predicted octanol–water partition coefficient (Wildman–Crippen LogP) is 4.96. The molecule has 0 bridgehead atoms. The molecule has 1 aliphatic heterocycles. The Balaban J connectivity index is 1.52. The zero-order valence-electron chi connectivity index (χ0n) is 15.5. The van der Waals surface area contributed by atoms with Gasteiger partial charge in [-0.25, -0.2) is 4.68 Å². The standard InChI is InChI=1S/C21H20N4OS2/c1-13-10-11-27-19(13)18-17-15(8-5-9-16(17)26)22-20-23-21(24-25(18)20)28-12-14-6-3-2-4-7-14/h2-4,6-7,10-11,18H,5,8-9,12H2,1H3,(H,22,23,24)/t18-/m1/s1. The second kappa shape index (κ2) is 7.22. The largest absolute Gasteiger partial charge is 0.328 e. The van der Waals surface area contributed by atoms with Crippen molar-refractivity contribution in [2.75, 3.05) is 5.32 Å². The van der Waals surface area contributed by atoms with Gasteiger partial charge in [-0.15, -0.1) is 16.4 Å². The van der Waals surface area contributed by atoms with Gasteiger partial charge < -0.3 is 5.32 Å². The SMILES string of the molecule is Cc1ccsc1[C@H]1C2=C(CCCC2=O)Nc2nc(SCc3ccccc3)nn21. The molecular weight excluding hydrogens is 388 g/mol. The van der Waals surface area contributed by atoms with Crippen LogP contribution in [0, 0.1) is 6.92 Å². The number of anilines is 1. The number of benzene rings is 1. The van der Waals surface area contributed by atoms with Crippen LogP contribution in [0.1, 0.15) is 41.3 Å². The van der Waals surface area contributed by atoms with Crippen LogP contribution in [0.25, 0.3) is 0 Å². The van der Waals surface area contributed by atoms with Crippen molar-refractivity contribution in [2.45, 2.75) is 43.1 Å². The molecule has 0 spiro atoms. The Labute approximate surface area is 171 Å². The van der Waals surface area contributed by atoms with E-state index in [0.29, 0.717) is 6.42 Å². The van der Waals surface area contributed by atoms with E-state index in [1.165, 1.54) is 16.0 Å². The Morgan fingerprint density at radius 3 is 2.89 bits per heavy atom. The van der Waals surface area contributed by atoms with Crippen LogP contribution in [-0.4, -0.2) is 20.5 Å². The second-order valence-corrected chi connectivity index (χ2v) is 8.99. The number of fused-ring (bicyclic) bond motifs is 1. The summed E-state index contributed by atoms with van der Waals surface area (Å²) in [6.45, 7) is 2.10. The first-order valence-corrected chi connectivity index (χ1v) is 11.3. The molecule has 1 aliphatic carbocycles. The number of hydrogen-bond acceptors (Lipinski definition) is 6. The first-order chi connectivity index (χ1) is 13.7. The minimum atomic E-state index is -0.169. The van der Waals surface area contributed by atoms with Gasteiger partial charge in [-0.05, 0) is 42.3 Å². The first kappa shape index (κ1) is 17.7. The van der Waals surface area contributed by atoms with Crippen molar-refractivity contribution >= 4 is 34.8 Å². The third-order valence-corrected chi connectivity index (χ3v) is 7.19. The van der Waals surface area contributed by atoms with Gasteiger partial charge in [0.15, 0.2) is 5.78 Å². The van der Waals surface area contributed by atoms with Crippen molar-refractivity contribution in [2.24, 2.45) is 0 Å². The molecule has 3 aromatic rings. The van der Waals surface area contributed by atoms with Crippen molar-refractivity contribution in [3.05, 3.63) is 69.1 Å². The van der Waals surface area contributed by atoms with E-state index in [-0.39, 0.29) is 11.8 Å². The van der Waals surface area contributed by atoms with Crippen LogP contribution < -0.4 is 5.32 Å². The summed E-state index contributed by atoms with van der Waals surface area (Å²) >= 11 is 3.31. The number of nitrogens with zero attached hydrogens (tertiary/aromatic N) is 3. The summed E-state index contributed by atoms with van der Waals surface area (Å²) in [6.07, 6.45) is 2.40. The highest BCUT2D eigenvalue weighted by Gasteiger charge is 2.37. The van der Waals surface area contributed by atoms with Gasteiger partial charge in [-0.2, -0.15) is 4.98 Å². The Morgan fingerprint density at radius 2 is 2.11 bits per heavy atom. The van der Waals surface area contributed by atoms with Crippen molar-refractivity contribution in [1.29, 1.82) is 0 Å². The summed E-state index contributed by atoms with van der Waals surface area (Å²) < 4.78 is 1.91. The van der Waals surface area contributed by atoms with Crippen molar-refractivity contribution in [1.82, 2.24) is 14.8 Å². The summed E-state index contributed by atoms with van der Waals surface area (Å²) in [5, 5.41) is 11.0. The molecule has 2 aliphatic rings. The van der Waals surface area contributed by atoms with Crippen LogP contribution in [0.15, 0.2) is 58.2 Å². The number of aromatic nitrogens is 3. The molecular formula is C21H20N4OS2. The lowest BCUT2D eigenvalue weighted by Gasteiger charge is -2.31. The van der Waals surface area contributed by atoms with Crippen LogP contribution in [0.4, 0.5) is 5.95 Å². The summed E-state index contributed by atoms with van der Waals surface area (Å²) in [5.41, 5.74) is 4.33. The van der Waals surface area contributed by atoms with Crippen LogP contribution in [0.2, 0.25) is 0 Å². The Bertz CT molecular complexity index is 1070. The summed E-state index contributed by atoms with van der Waals surface area (Å²) in [5.74, 6) is 1.78. The molecule has 0 fully saturated rings. The van der Waals surface area contributed by atoms with Crippen LogP contribution in [-0.2, 0) is 10.5 Å². The molecule has 1 atom stereocenters. The zero-order valence-corrected chi connectivity index (χ0v) is 17.1. The topological polar surface area (TPSA) is 59.8 Å². The van der Waals surface area contributed by atoms with E-state index in [0.717, 1.165) is 41.0 Å². The molecule has 5 rings (SSSR count). The Kier molecular flexibility index (Phi) is 4.56. The number of thiophene rings is 1. The highest BCUT2D eigenvalue weighted by molar-refractivity contribution is 7.98. The summed E-state index contributed by atoms with van der Waals surface area (Å²) in [7, 11) is 0.